The van der Waals surface area contributed by atoms with Crippen molar-refractivity contribution in [2.45, 2.75) is 43.6 Å². The van der Waals surface area contributed by atoms with E-state index in [1.54, 1.807) is 18.2 Å². The van der Waals surface area contributed by atoms with Crippen LogP contribution in [0.1, 0.15) is 47.3 Å². The highest BCUT2D eigenvalue weighted by molar-refractivity contribution is 5.95. The summed E-state index contributed by atoms with van der Waals surface area (Å²) in [4.78, 5) is 12.6. The van der Waals surface area contributed by atoms with E-state index >= 15 is 0 Å². The maximum absolute atomic E-state index is 15.0. The van der Waals surface area contributed by atoms with Crippen molar-refractivity contribution >= 4 is 36.5 Å². The minimum absolute atomic E-state index is 0. The molecular formula is C27H31Cl2F4N5O3. The molecule has 1 fully saturated rings. The largest absolute Gasteiger partial charge is 0.493 e. The fraction of sp³-hybridized carbons (Fsp3) is 0.407. The van der Waals surface area contributed by atoms with Gasteiger partial charge in [0.25, 0.3) is 5.91 Å². The molecule has 0 saturated carbocycles. The molecule has 5 rings (SSSR count). The standard InChI is InChI=1S/C27H29F4N5O3.2ClH/c1-38-22-6-4-16(12-23(22)39-2)20-13-24(27(29,30)31)36-25(34-20)14-21(35-36)15-3-5-18(19(28)11-15)26(37)33-17-7-9-32-10-8-17;;/h3-6,11-12,14,17,20,24,32,34H,7-10,13H2,1-2H3,(H,33,37);2*1H/t20-,24+;;/m0../s1. The third kappa shape index (κ3) is 6.82. The average molecular weight is 620 g/mol. The van der Waals surface area contributed by atoms with Crippen LogP contribution in [-0.2, 0) is 0 Å². The summed E-state index contributed by atoms with van der Waals surface area (Å²) in [5.74, 6) is -0.280. The number of nitrogens with zero attached hydrogens (tertiary/aromatic N) is 2. The number of amides is 1. The first-order chi connectivity index (χ1) is 18.7. The zero-order chi connectivity index (χ0) is 27.7. The van der Waals surface area contributed by atoms with Crippen molar-refractivity contribution in [2.24, 2.45) is 0 Å². The molecule has 0 spiro atoms. The average Bonchev–Trinajstić information content (AvgIpc) is 3.36. The van der Waals surface area contributed by atoms with Gasteiger partial charge in [-0.1, -0.05) is 12.1 Å². The molecule has 2 aliphatic rings. The molecule has 8 nitrogen and oxygen atoms in total. The van der Waals surface area contributed by atoms with Gasteiger partial charge < -0.3 is 25.4 Å². The molecule has 3 aromatic rings. The predicted molar refractivity (Wildman–Crippen MR) is 151 cm³/mol. The molecular weight excluding hydrogens is 589 g/mol. The van der Waals surface area contributed by atoms with Crippen LogP contribution in [0.4, 0.5) is 23.4 Å². The highest BCUT2D eigenvalue weighted by Crippen LogP contribution is 2.45. The zero-order valence-electron chi connectivity index (χ0n) is 22.3. The lowest BCUT2D eigenvalue weighted by Crippen LogP contribution is -2.42. The van der Waals surface area contributed by atoms with Crippen molar-refractivity contribution in [3.8, 4) is 22.8 Å². The minimum atomic E-state index is -4.57. The number of hydrogen-bond acceptors (Lipinski definition) is 6. The number of piperidine rings is 1. The van der Waals surface area contributed by atoms with Gasteiger partial charge in [-0.2, -0.15) is 18.3 Å². The van der Waals surface area contributed by atoms with Crippen LogP contribution in [0.25, 0.3) is 11.3 Å². The molecule has 3 heterocycles. The van der Waals surface area contributed by atoms with Gasteiger partial charge >= 0.3 is 6.18 Å². The molecule has 3 N–H and O–H groups in total. The Bertz CT molecular complexity index is 1370. The maximum atomic E-state index is 15.0. The van der Waals surface area contributed by atoms with Crippen molar-refractivity contribution in [1.29, 1.82) is 0 Å². The van der Waals surface area contributed by atoms with Crippen LogP contribution in [0.2, 0.25) is 0 Å². The Labute approximate surface area is 247 Å². The van der Waals surface area contributed by atoms with E-state index in [0.717, 1.165) is 36.7 Å². The molecule has 0 radical (unpaired) electrons. The first-order valence-corrected chi connectivity index (χ1v) is 12.6. The fourth-order valence-electron chi connectivity index (χ4n) is 5.09. The van der Waals surface area contributed by atoms with Gasteiger partial charge in [-0.15, -0.1) is 24.8 Å². The van der Waals surface area contributed by atoms with Crippen LogP contribution < -0.4 is 25.4 Å². The van der Waals surface area contributed by atoms with Crippen LogP contribution in [0.5, 0.6) is 11.5 Å². The van der Waals surface area contributed by atoms with E-state index in [1.165, 1.54) is 32.4 Å². The van der Waals surface area contributed by atoms with Crippen LogP contribution in [0.3, 0.4) is 0 Å². The highest BCUT2D eigenvalue weighted by atomic mass is 35.5. The number of halogens is 6. The van der Waals surface area contributed by atoms with Gasteiger partial charge in [0.15, 0.2) is 17.5 Å². The van der Waals surface area contributed by atoms with Crippen LogP contribution in [0, 0.1) is 5.82 Å². The van der Waals surface area contributed by atoms with Gasteiger partial charge in [-0.25, -0.2) is 9.07 Å². The predicted octanol–water partition coefficient (Wildman–Crippen LogP) is 5.69. The fourth-order valence-corrected chi connectivity index (χ4v) is 5.09. The van der Waals surface area contributed by atoms with Crippen molar-refractivity contribution in [2.75, 3.05) is 32.6 Å². The zero-order valence-corrected chi connectivity index (χ0v) is 23.9. The molecule has 1 amide bonds. The molecule has 14 heteroatoms. The monoisotopic (exact) mass is 619 g/mol. The van der Waals surface area contributed by atoms with Crippen LogP contribution in [-0.4, -0.2) is 55.2 Å². The first kappa shape index (κ1) is 32.3. The molecule has 224 valence electrons. The van der Waals surface area contributed by atoms with E-state index in [-0.39, 0.29) is 59.9 Å². The van der Waals surface area contributed by atoms with Crippen LogP contribution in [0.15, 0.2) is 42.5 Å². The first-order valence-electron chi connectivity index (χ1n) is 12.6. The molecule has 41 heavy (non-hydrogen) atoms. The Kier molecular flexibility index (Phi) is 10.4. The quantitative estimate of drug-likeness (QED) is 0.307. The molecule has 0 aliphatic carbocycles. The Morgan fingerprint density at radius 1 is 1.02 bits per heavy atom. The van der Waals surface area contributed by atoms with Gasteiger partial charge in [-0.05, 0) is 55.8 Å². The Morgan fingerprint density at radius 3 is 2.37 bits per heavy atom. The number of anilines is 1. The number of methoxy groups -OCH3 is 2. The number of hydrogen-bond donors (Lipinski definition) is 3. The lowest BCUT2D eigenvalue weighted by atomic mass is 9.96. The normalized spacial score (nSPS) is 18.7. The maximum Gasteiger partial charge on any atom is 0.410 e. The molecule has 0 bridgehead atoms. The third-order valence-corrected chi connectivity index (χ3v) is 7.18. The van der Waals surface area contributed by atoms with Crippen molar-refractivity contribution < 1.29 is 31.8 Å². The second kappa shape index (κ2) is 13.2. The number of fused-ring (bicyclic) bond motifs is 1. The van der Waals surface area contributed by atoms with Gasteiger partial charge in [0, 0.05) is 24.1 Å². The number of benzene rings is 2. The number of carbonyl (C=O) groups excluding carboxylic acids is 1. The van der Waals surface area contributed by atoms with Crippen LogP contribution >= 0.6 is 24.8 Å². The smallest absolute Gasteiger partial charge is 0.410 e. The van der Waals surface area contributed by atoms with Crippen molar-refractivity contribution in [3.63, 3.8) is 0 Å². The van der Waals surface area contributed by atoms with Crippen molar-refractivity contribution in [3.05, 3.63) is 59.4 Å². The van der Waals surface area contributed by atoms with Gasteiger partial charge in [-0.3, -0.25) is 4.79 Å². The molecule has 2 aliphatic heterocycles. The summed E-state index contributed by atoms with van der Waals surface area (Å²) in [5, 5.41) is 13.3. The van der Waals surface area contributed by atoms with E-state index < -0.39 is 30.0 Å². The summed E-state index contributed by atoms with van der Waals surface area (Å²) < 4.78 is 68.8. The van der Waals surface area contributed by atoms with Gasteiger partial charge in [0.05, 0.1) is 31.5 Å². The van der Waals surface area contributed by atoms with E-state index in [4.69, 9.17) is 9.47 Å². The number of aromatic nitrogens is 2. The Balaban J connectivity index is 0.00000231. The van der Waals surface area contributed by atoms with Gasteiger partial charge in [0.2, 0.25) is 0 Å². The summed E-state index contributed by atoms with van der Waals surface area (Å²) in [6.07, 6.45) is -3.37. The highest BCUT2D eigenvalue weighted by Gasteiger charge is 2.46. The lowest BCUT2D eigenvalue weighted by molar-refractivity contribution is -0.173. The second-order valence-electron chi connectivity index (χ2n) is 9.66. The van der Waals surface area contributed by atoms with E-state index in [2.05, 4.69) is 21.0 Å². The Hall–Kier alpha value is -3.22. The molecule has 1 saturated heterocycles. The summed E-state index contributed by atoms with van der Waals surface area (Å²) in [6.45, 7) is 1.55. The Morgan fingerprint density at radius 2 is 1.73 bits per heavy atom. The number of rotatable bonds is 6. The topological polar surface area (TPSA) is 89.4 Å². The third-order valence-electron chi connectivity index (χ3n) is 7.18. The van der Waals surface area contributed by atoms with E-state index in [0.29, 0.717) is 17.1 Å². The molecule has 2 atom stereocenters. The number of ether oxygens (including phenoxy) is 2. The molecule has 0 unspecified atom stereocenters. The van der Waals surface area contributed by atoms with Gasteiger partial charge in [0.1, 0.15) is 11.6 Å². The SMILES string of the molecule is COc1ccc([C@@H]2C[C@H](C(F)(F)F)n3nc(-c4ccc(C(=O)NC5CCNCC5)c(F)c4)cc3N2)cc1OC.Cl.Cl. The van der Waals surface area contributed by atoms with E-state index in [1.807, 2.05) is 0 Å². The van der Waals surface area contributed by atoms with E-state index in [9.17, 15) is 22.4 Å². The number of carbonyl (C=O) groups is 1. The summed E-state index contributed by atoms with van der Waals surface area (Å²) in [5.41, 5.74) is 0.884. The summed E-state index contributed by atoms with van der Waals surface area (Å²) >= 11 is 0. The molecule has 1 aromatic heterocycles. The molecule has 2 aromatic carbocycles. The lowest BCUT2D eigenvalue weighted by Gasteiger charge is -2.33. The number of alkyl halides is 3. The number of nitrogens with one attached hydrogen (secondary N) is 3. The van der Waals surface area contributed by atoms with Crippen molar-refractivity contribution in [1.82, 2.24) is 20.4 Å². The minimum Gasteiger partial charge on any atom is -0.493 e. The summed E-state index contributed by atoms with van der Waals surface area (Å²) in [6, 6.07) is 7.73. The summed E-state index contributed by atoms with van der Waals surface area (Å²) in [7, 11) is 2.93. The second-order valence-corrected chi connectivity index (χ2v) is 9.66.